The van der Waals surface area contributed by atoms with Crippen LogP contribution in [-0.2, 0) is 13.1 Å². The summed E-state index contributed by atoms with van der Waals surface area (Å²) in [6, 6.07) is 0.545. The van der Waals surface area contributed by atoms with Gasteiger partial charge in [0.1, 0.15) is 0 Å². The molecule has 2 unspecified atom stereocenters. The molecule has 0 aromatic carbocycles. The van der Waals surface area contributed by atoms with E-state index in [1.54, 1.807) is 0 Å². The van der Waals surface area contributed by atoms with Crippen molar-refractivity contribution in [2.24, 2.45) is 11.7 Å². The van der Waals surface area contributed by atoms with Crippen LogP contribution < -0.4 is 5.73 Å². The molecule has 0 radical (unpaired) electrons. The van der Waals surface area contributed by atoms with Gasteiger partial charge in [-0.05, 0) is 32.2 Å². The topological polar surface area (TPSA) is 47.1 Å². The number of likely N-dealkylation sites (tertiary alicyclic amines) is 1. The molecule has 2 N–H and O–H groups in total. The summed E-state index contributed by atoms with van der Waals surface area (Å²) in [5, 5.41) is 0. The Bertz CT molecular complexity index is 360. The van der Waals surface area contributed by atoms with E-state index in [1.807, 2.05) is 12.5 Å². The summed E-state index contributed by atoms with van der Waals surface area (Å²) < 4.78 is 2.22. The average molecular weight is 250 g/mol. The molecule has 2 heterocycles. The lowest BCUT2D eigenvalue weighted by atomic mass is 9.89. The van der Waals surface area contributed by atoms with Crippen molar-refractivity contribution >= 4 is 0 Å². The van der Waals surface area contributed by atoms with Crippen LogP contribution in [0.4, 0.5) is 0 Å². The number of imidazole rings is 1. The minimum atomic E-state index is 0.545. The summed E-state index contributed by atoms with van der Waals surface area (Å²) in [6.07, 6.45) is 7.77. The predicted molar refractivity (Wildman–Crippen MR) is 74.2 cm³/mol. The van der Waals surface area contributed by atoms with Crippen LogP contribution in [0.15, 0.2) is 12.5 Å². The molecule has 18 heavy (non-hydrogen) atoms. The van der Waals surface area contributed by atoms with Gasteiger partial charge < -0.3 is 10.3 Å². The van der Waals surface area contributed by atoms with Crippen molar-refractivity contribution in [2.75, 3.05) is 13.1 Å². The van der Waals surface area contributed by atoms with E-state index in [0.29, 0.717) is 6.04 Å². The minimum Gasteiger partial charge on any atom is -0.334 e. The Labute approximate surface area is 110 Å². The molecule has 1 saturated heterocycles. The summed E-state index contributed by atoms with van der Waals surface area (Å²) in [5.41, 5.74) is 7.26. The molecular formula is C14H26N4. The number of aryl methyl sites for hydroxylation is 1. The highest BCUT2D eigenvalue weighted by molar-refractivity contribution is 4.99. The summed E-state index contributed by atoms with van der Waals surface area (Å²) in [4.78, 5) is 6.78. The molecule has 0 amide bonds. The third kappa shape index (κ3) is 2.93. The van der Waals surface area contributed by atoms with E-state index in [-0.39, 0.29) is 0 Å². The SMILES string of the molecule is CCC1CCN(Cc2cncn2CC)C(CN)C1. The van der Waals surface area contributed by atoms with E-state index < -0.39 is 0 Å². The fraction of sp³-hybridized carbons (Fsp3) is 0.786. The van der Waals surface area contributed by atoms with Crippen molar-refractivity contribution in [2.45, 2.75) is 52.2 Å². The second kappa shape index (κ2) is 6.34. The average Bonchev–Trinajstić information content (AvgIpc) is 2.86. The van der Waals surface area contributed by atoms with Crippen LogP contribution >= 0.6 is 0 Å². The van der Waals surface area contributed by atoms with Crippen molar-refractivity contribution in [1.29, 1.82) is 0 Å². The Balaban J connectivity index is 2.00. The van der Waals surface area contributed by atoms with Crippen molar-refractivity contribution in [3.8, 4) is 0 Å². The van der Waals surface area contributed by atoms with Gasteiger partial charge in [0.15, 0.2) is 0 Å². The first-order valence-corrected chi connectivity index (χ1v) is 7.21. The first-order chi connectivity index (χ1) is 8.78. The van der Waals surface area contributed by atoms with E-state index >= 15 is 0 Å². The second-order valence-electron chi connectivity index (χ2n) is 5.33. The molecule has 0 bridgehead atoms. The number of hydrogen-bond donors (Lipinski definition) is 1. The summed E-state index contributed by atoms with van der Waals surface area (Å²) in [7, 11) is 0. The molecule has 0 saturated carbocycles. The second-order valence-corrected chi connectivity index (χ2v) is 5.33. The molecule has 0 aliphatic carbocycles. The van der Waals surface area contributed by atoms with Gasteiger partial charge in [0.2, 0.25) is 0 Å². The maximum Gasteiger partial charge on any atom is 0.0948 e. The number of piperidine rings is 1. The first-order valence-electron chi connectivity index (χ1n) is 7.21. The van der Waals surface area contributed by atoms with Crippen LogP contribution in [0.2, 0.25) is 0 Å². The molecule has 2 rings (SSSR count). The fourth-order valence-corrected chi connectivity index (χ4v) is 2.98. The molecule has 0 spiro atoms. The fourth-order valence-electron chi connectivity index (χ4n) is 2.98. The predicted octanol–water partition coefficient (Wildman–Crippen LogP) is 1.85. The standard InChI is InChI=1S/C14H26N4/c1-3-12-5-6-18(13(7-12)8-15)10-14-9-16-11-17(14)4-2/h9,11-13H,3-8,10,15H2,1-2H3. The van der Waals surface area contributed by atoms with Gasteiger partial charge in [0.25, 0.3) is 0 Å². The van der Waals surface area contributed by atoms with Crippen LogP contribution in [0, 0.1) is 5.92 Å². The first kappa shape index (κ1) is 13.6. The van der Waals surface area contributed by atoms with E-state index in [4.69, 9.17) is 5.73 Å². The number of nitrogens with zero attached hydrogens (tertiary/aromatic N) is 3. The maximum absolute atomic E-state index is 5.95. The number of aromatic nitrogens is 2. The molecule has 1 aromatic rings. The van der Waals surface area contributed by atoms with Gasteiger partial charge >= 0.3 is 0 Å². The summed E-state index contributed by atoms with van der Waals surface area (Å²) in [5.74, 6) is 0.867. The van der Waals surface area contributed by atoms with Crippen molar-refractivity contribution in [3.05, 3.63) is 18.2 Å². The highest BCUT2D eigenvalue weighted by Crippen LogP contribution is 2.26. The van der Waals surface area contributed by atoms with Gasteiger partial charge in [0, 0.05) is 31.9 Å². The highest BCUT2D eigenvalue weighted by Gasteiger charge is 2.27. The zero-order valence-electron chi connectivity index (χ0n) is 11.7. The quantitative estimate of drug-likeness (QED) is 0.867. The van der Waals surface area contributed by atoms with E-state index in [9.17, 15) is 0 Å². The summed E-state index contributed by atoms with van der Waals surface area (Å²) in [6.45, 7) is 8.39. The van der Waals surface area contributed by atoms with Gasteiger partial charge in [-0.2, -0.15) is 0 Å². The van der Waals surface area contributed by atoms with Crippen LogP contribution in [0.1, 0.15) is 38.8 Å². The van der Waals surface area contributed by atoms with Gasteiger partial charge in [-0.15, -0.1) is 0 Å². The third-order valence-electron chi connectivity index (χ3n) is 4.30. The molecule has 102 valence electrons. The Morgan fingerprint density at radius 3 is 2.94 bits per heavy atom. The van der Waals surface area contributed by atoms with E-state index in [1.165, 1.54) is 31.5 Å². The lowest BCUT2D eigenvalue weighted by molar-refractivity contribution is 0.105. The molecule has 2 atom stereocenters. The monoisotopic (exact) mass is 250 g/mol. The third-order valence-corrected chi connectivity index (χ3v) is 4.30. The van der Waals surface area contributed by atoms with Crippen molar-refractivity contribution in [3.63, 3.8) is 0 Å². The van der Waals surface area contributed by atoms with Crippen molar-refractivity contribution in [1.82, 2.24) is 14.5 Å². The van der Waals surface area contributed by atoms with Crippen LogP contribution in [-0.4, -0.2) is 33.6 Å². The number of hydrogen-bond acceptors (Lipinski definition) is 3. The molecule has 4 heteroatoms. The van der Waals surface area contributed by atoms with Crippen LogP contribution in [0.3, 0.4) is 0 Å². The molecule has 1 aromatic heterocycles. The molecule has 1 fully saturated rings. The Morgan fingerprint density at radius 1 is 1.44 bits per heavy atom. The largest absolute Gasteiger partial charge is 0.334 e. The lowest BCUT2D eigenvalue weighted by Gasteiger charge is -2.38. The molecular weight excluding hydrogens is 224 g/mol. The Morgan fingerprint density at radius 2 is 2.28 bits per heavy atom. The Hall–Kier alpha value is -0.870. The van der Waals surface area contributed by atoms with E-state index in [0.717, 1.165) is 25.6 Å². The van der Waals surface area contributed by atoms with Gasteiger partial charge in [0.05, 0.1) is 12.0 Å². The normalized spacial score (nSPS) is 25.5. The highest BCUT2D eigenvalue weighted by atomic mass is 15.2. The molecule has 4 nitrogen and oxygen atoms in total. The minimum absolute atomic E-state index is 0.545. The molecule has 1 aliphatic rings. The van der Waals surface area contributed by atoms with E-state index in [2.05, 4.69) is 28.3 Å². The van der Waals surface area contributed by atoms with Gasteiger partial charge in [-0.25, -0.2) is 4.98 Å². The smallest absolute Gasteiger partial charge is 0.0948 e. The number of rotatable bonds is 5. The number of nitrogens with two attached hydrogens (primary N) is 1. The lowest BCUT2D eigenvalue weighted by Crippen LogP contribution is -2.46. The van der Waals surface area contributed by atoms with Gasteiger partial charge in [-0.3, -0.25) is 4.90 Å². The van der Waals surface area contributed by atoms with Crippen molar-refractivity contribution < 1.29 is 0 Å². The van der Waals surface area contributed by atoms with Crippen LogP contribution in [0.25, 0.3) is 0 Å². The molecule has 1 aliphatic heterocycles. The zero-order chi connectivity index (χ0) is 13.0. The maximum atomic E-state index is 5.95. The zero-order valence-corrected chi connectivity index (χ0v) is 11.7. The Kier molecular flexibility index (Phi) is 4.78. The summed E-state index contributed by atoms with van der Waals surface area (Å²) >= 11 is 0. The van der Waals surface area contributed by atoms with Crippen LogP contribution in [0.5, 0.6) is 0 Å². The van der Waals surface area contributed by atoms with Gasteiger partial charge in [-0.1, -0.05) is 13.3 Å².